The molecule has 1 fully saturated rings. The Morgan fingerprint density at radius 2 is 2.03 bits per heavy atom. The third kappa shape index (κ3) is 4.47. The molecule has 3 heterocycles. The number of nitrogens with zero attached hydrogens (tertiary/aromatic N) is 4. The van der Waals surface area contributed by atoms with Gasteiger partial charge in [-0.15, -0.1) is 22.7 Å². The maximum absolute atomic E-state index is 14.5. The van der Waals surface area contributed by atoms with E-state index >= 15 is 0 Å². The summed E-state index contributed by atoms with van der Waals surface area (Å²) in [6, 6.07) is 6.44. The molecule has 2 amide bonds. The summed E-state index contributed by atoms with van der Waals surface area (Å²) in [5.41, 5.74) is 1.83. The number of carbonyl (C=O) groups is 2. The lowest BCUT2D eigenvalue weighted by atomic mass is 10.1. The van der Waals surface area contributed by atoms with Crippen LogP contribution in [0.5, 0.6) is 0 Å². The molecular weight excluding hydrogens is 473 g/mol. The van der Waals surface area contributed by atoms with Crippen molar-refractivity contribution in [2.75, 3.05) is 19.6 Å². The zero-order chi connectivity index (χ0) is 23.8. The number of imidazole rings is 1. The molecule has 10 heteroatoms. The summed E-state index contributed by atoms with van der Waals surface area (Å²) in [4.78, 5) is 38.3. The van der Waals surface area contributed by atoms with Crippen LogP contribution in [-0.4, -0.2) is 50.7 Å². The van der Waals surface area contributed by atoms with E-state index in [0.29, 0.717) is 52.4 Å². The second kappa shape index (κ2) is 9.27. The Kier molecular flexibility index (Phi) is 6.18. The molecule has 0 spiro atoms. The molecule has 5 rings (SSSR count). The largest absolute Gasteiger partial charge is 0.349 e. The van der Waals surface area contributed by atoms with Gasteiger partial charge in [0, 0.05) is 36.8 Å². The maximum atomic E-state index is 14.5. The van der Waals surface area contributed by atoms with E-state index in [1.54, 1.807) is 27.5 Å². The normalized spacial score (nSPS) is 13.4. The summed E-state index contributed by atoms with van der Waals surface area (Å²) in [6.45, 7) is 4.87. The Balaban J connectivity index is 1.33. The van der Waals surface area contributed by atoms with Gasteiger partial charge in [-0.1, -0.05) is 18.2 Å². The third-order valence-electron chi connectivity index (χ3n) is 5.84. The van der Waals surface area contributed by atoms with E-state index in [4.69, 9.17) is 0 Å². The van der Waals surface area contributed by atoms with Crippen molar-refractivity contribution in [2.45, 2.75) is 26.7 Å². The third-order valence-corrected chi connectivity index (χ3v) is 7.60. The molecule has 0 atom stereocenters. The SMILES string of the molecule is Cc1nc(C(=O)N(CCNC(=O)c2c(C)nc3sccn23)CC2CC2)c(-c2ccccc2F)s1. The van der Waals surface area contributed by atoms with Gasteiger partial charge in [0.2, 0.25) is 0 Å². The molecular formula is C24H24FN5O2S2. The highest BCUT2D eigenvalue weighted by atomic mass is 32.1. The second-order valence-electron chi connectivity index (χ2n) is 8.44. The van der Waals surface area contributed by atoms with Gasteiger partial charge < -0.3 is 10.2 Å². The van der Waals surface area contributed by atoms with Crippen molar-refractivity contribution < 1.29 is 14.0 Å². The number of nitrogens with one attached hydrogen (secondary N) is 1. The summed E-state index contributed by atoms with van der Waals surface area (Å²) in [7, 11) is 0. The maximum Gasteiger partial charge on any atom is 0.274 e. The summed E-state index contributed by atoms with van der Waals surface area (Å²) in [5, 5.41) is 5.52. The fraction of sp³-hybridized carbons (Fsp3) is 0.333. The first-order valence-electron chi connectivity index (χ1n) is 11.1. The van der Waals surface area contributed by atoms with E-state index in [1.165, 1.54) is 28.7 Å². The zero-order valence-corrected chi connectivity index (χ0v) is 20.5. The molecule has 1 aromatic carbocycles. The molecule has 0 aliphatic heterocycles. The molecule has 0 bridgehead atoms. The van der Waals surface area contributed by atoms with Crippen LogP contribution >= 0.6 is 22.7 Å². The number of benzene rings is 1. The monoisotopic (exact) mass is 497 g/mol. The minimum Gasteiger partial charge on any atom is -0.349 e. The number of aryl methyl sites for hydroxylation is 2. The van der Waals surface area contributed by atoms with Crippen molar-refractivity contribution >= 4 is 39.4 Å². The zero-order valence-electron chi connectivity index (χ0n) is 18.9. The van der Waals surface area contributed by atoms with Crippen LogP contribution in [0.2, 0.25) is 0 Å². The fourth-order valence-electron chi connectivity index (χ4n) is 3.99. The standard InChI is InChI=1S/C24H24FN5O2S2/c1-14-20(30-11-12-33-24(30)27-14)22(31)26-9-10-29(13-16-7-8-16)23(32)19-21(34-15(2)28-19)17-5-3-4-6-18(17)25/h3-6,11-12,16H,7-10,13H2,1-2H3,(H,26,31). The molecule has 0 unspecified atom stereocenters. The predicted octanol–water partition coefficient (Wildman–Crippen LogP) is 4.56. The van der Waals surface area contributed by atoms with Gasteiger partial charge in [0.1, 0.15) is 17.2 Å². The molecule has 7 nitrogen and oxygen atoms in total. The number of thiazole rings is 2. The van der Waals surface area contributed by atoms with Gasteiger partial charge in [0.15, 0.2) is 4.96 Å². The fourth-order valence-corrected chi connectivity index (χ4v) is 5.69. The average molecular weight is 498 g/mol. The molecule has 3 aromatic heterocycles. The highest BCUT2D eigenvalue weighted by Crippen LogP contribution is 2.34. The van der Waals surface area contributed by atoms with E-state index in [0.717, 1.165) is 17.8 Å². The molecule has 1 aliphatic carbocycles. The van der Waals surface area contributed by atoms with E-state index in [1.807, 2.05) is 25.4 Å². The second-order valence-corrected chi connectivity index (χ2v) is 10.5. The van der Waals surface area contributed by atoms with Gasteiger partial charge in [-0.05, 0) is 38.7 Å². The molecule has 0 radical (unpaired) electrons. The Morgan fingerprint density at radius 3 is 2.79 bits per heavy atom. The first-order chi connectivity index (χ1) is 16.4. The minimum atomic E-state index is -0.378. The van der Waals surface area contributed by atoms with Crippen LogP contribution < -0.4 is 5.32 Å². The lowest BCUT2D eigenvalue weighted by Gasteiger charge is -2.22. The Labute approximate surface area is 204 Å². The van der Waals surface area contributed by atoms with E-state index < -0.39 is 0 Å². The molecule has 176 valence electrons. The molecule has 1 N–H and O–H groups in total. The molecule has 4 aromatic rings. The quantitative estimate of drug-likeness (QED) is 0.387. The number of fused-ring (bicyclic) bond motifs is 1. The van der Waals surface area contributed by atoms with Crippen molar-refractivity contribution in [3.63, 3.8) is 0 Å². The smallest absolute Gasteiger partial charge is 0.274 e. The Hall–Kier alpha value is -3.11. The van der Waals surface area contributed by atoms with Crippen molar-refractivity contribution in [3.8, 4) is 10.4 Å². The lowest BCUT2D eigenvalue weighted by molar-refractivity contribution is 0.0736. The molecule has 1 aliphatic rings. The molecule has 1 saturated carbocycles. The summed E-state index contributed by atoms with van der Waals surface area (Å²) in [5.74, 6) is -0.376. The number of hydrogen-bond donors (Lipinski definition) is 1. The van der Waals surface area contributed by atoms with Crippen molar-refractivity contribution in [1.82, 2.24) is 24.6 Å². The summed E-state index contributed by atoms with van der Waals surface area (Å²) in [6.07, 6.45) is 3.99. The van der Waals surface area contributed by atoms with E-state index in [9.17, 15) is 14.0 Å². The van der Waals surface area contributed by atoms with Crippen LogP contribution in [0.1, 0.15) is 44.5 Å². The van der Waals surface area contributed by atoms with Gasteiger partial charge in [0.25, 0.3) is 11.8 Å². The number of carbonyl (C=O) groups excluding carboxylic acids is 2. The highest BCUT2D eigenvalue weighted by molar-refractivity contribution is 7.15. The van der Waals surface area contributed by atoms with Crippen molar-refractivity contribution in [2.24, 2.45) is 5.92 Å². The Morgan fingerprint density at radius 1 is 1.24 bits per heavy atom. The summed E-state index contributed by atoms with van der Waals surface area (Å²) >= 11 is 2.79. The van der Waals surface area contributed by atoms with Crippen LogP contribution in [0, 0.1) is 25.6 Å². The van der Waals surface area contributed by atoms with Gasteiger partial charge in [0.05, 0.1) is 15.6 Å². The van der Waals surface area contributed by atoms with Gasteiger partial charge in [-0.25, -0.2) is 14.4 Å². The van der Waals surface area contributed by atoms with Crippen LogP contribution in [0.4, 0.5) is 4.39 Å². The van der Waals surface area contributed by atoms with Crippen LogP contribution in [0.15, 0.2) is 35.8 Å². The average Bonchev–Trinajstić information content (AvgIpc) is 3.22. The van der Waals surface area contributed by atoms with E-state index in [2.05, 4.69) is 15.3 Å². The number of amides is 2. The number of aromatic nitrogens is 3. The Bertz CT molecular complexity index is 1370. The van der Waals surface area contributed by atoms with Crippen LogP contribution in [0.3, 0.4) is 0 Å². The lowest BCUT2D eigenvalue weighted by Crippen LogP contribution is -2.40. The number of halogens is 1. The predicted molar refractivity (Wildman–Crippen MR) is 131 cm³/mol. The van der Waals surface area contributed by atoms with Crippen LogP contribution in [-0.2, 0) is 0 Å². The number of hydrogen-bond acceptors (Lipinski definition) is 6. The first kappa shape index (κ1) is 22.7. The first-order valence-corrected chi connectivity index (χ1v) is 12.8. The highest BCUT2D eigenvalue weighted by Gasteiger charge is 2.30. The topological polar surface area (TPSA) is 79.6 Å². The van der Waals surface area contributed by atoms with Crippen molar-refractivity contribution in [3.05, 3.63) is 63.7 Å². The van der Waals surface area contributed by atoms with E-state index in [-0.39, 0.29) is 23.3 Å². The van der Waals surface area contributed by atoms with Crippen LogP contribution in [0.25, 0.3) is 15.4 Å². The van der Waals surface area contributed by atoms with Gasteiger partial charge >= 0.3 is 0 Å². The molecule has 34 heavy (non-hydrogen) atoms. The summed E-state index contributed by atoms with van der Waals surface area (Å²) < 4.78 is 16.3. The van der Waals surface area contributed by atoms with Gasteiger partial charge in [-0.2, -0.15) is 0 Å². The minimum absolute atomic E-state index is 0.223. The number of rotatable bonds is 8. The molecule has 0 saturated heterocycles. The van der Waals surface area contributed by atoms with Gasteiger partial charge in [-0.3, -0.25) is 14.0 Å². The van der Waals surface area contributed by atoms with Crippen molar-refractivity contribution in [1.29, 1.82) is 0 Å².